The Morgan fingerprint density at radius 2 is 1.67 bits per heavy atom. The van der Waals surface area contributed by atoms with Gasteiger partial charge in [0.15, 0.2) is 0 Å². The van der Waals surface area contributed by atoms with Crippen LogP contribution in [0.3, 0.4) is 0 Å². The van der Waals surface area contributed by atoms with Crippen LogP contribution in [-0.2, 0) is 16.4 Å². The number of hydrogen-bond acceptors (Lipinski definition) is 4. The van der Waals surface area contributed by atoms with Gasteiger partial charge in [-0.2, -0.15) is 4.31 Å². The molecule has 0 spiro atoms. The van der Waals surface area contributed by atoms with Crippen LogP contribution < -0.4 is 5.32 Å². The van der Waals surface area contributed by atoms with Crippen LogP contribution in [0, 0.1) is 0 Å². The second-order valence-electron chi connectivity index (χ2n) is 8.15. The number of aryl methyl sites for hydroxylation is 1. The summed E-state index contributed by atoms with van der Waals surface area (Å²) in [6.07, 6.45) is 4.05. The molecule has 1 fully saturated rings. The van der Waals surface area contributed by atoms with Crippen LogP contribution in [0.4, 0.5) is 0 Å². The fourth-order valence-corrected chi connectivity index (χ4v) is 5.07. The van der Waals surface area contributed by atoms with Gasteiger partial charge in [-0.25, -0.2) is 8.42 Å². The zero-order valence-corrected chi connectivity index (χ0v) is 18.2. The van der Waals surface area contributed by atoms with E-state index in [9.17, 15) is 18.3 Å². The lowest BCUT2D eigenvalue weighted by Crippen LogP contribution is -2.41. The zero-order valence-electron chi connectivity index (χ0n) is 17.4. The van der Waals surface area contributed by atoms with Gasteiger partial charge in [0.25, 0.3) is 5.91 Å². The number of hydrogen-bond donors (Lipinski definition) is 2. The Morgan fingerprint density at radius 1 is 1.03 bits per heavy atom. The number of nitrogens with zero attached hydrogens (tertiary/aromatic N) is 1. The monoisotopic (exact) mass is 430 g/mol. The van der Waals surface area contributed by atoms with E-state index in [0.29, 0.717) is 31.5 Å². The van der Waals surface area contributed by atoms with Gasteiger partial charge >= 0.3 is 0 Å². The molecule has 2 N–H and O–H groups in total. The van der Waals surface area contributed by atoms with E-state index in [1.165, 1.54) is 28.6 Å². The highest BCUT2D eigenvalue weighted by molar-refractivity contribution is 7.89. The topological polar surface area (TPSA) is 86.7 Å². The number of amides is 1. The van der Waals surface area contributed by atoms with Crippen molar-refractivity contribution in [2.45, 2.75) is 49.5 Å². The maximum atomic E-state index is 12.7. The molecule has 7 heteroatoms. The van der Waals surface area contributed by atoms with Crippen molar-refractivity contribution in [2.75, 3.05) is 19.6 Å². The number of sulfonamides is 1. The molecule has 2 aromatic carbocycles. The molecule has 1 aliphatic heterocycles. The minimum atomic E-state index is -3.51. The van der Waals surface area contributed by atoms with Crippen LogP contribution in [0.25, 0.3) is 0 Å². The van der Waals surface area contributed by atoms with Crippen LogP contribution in [-0.4, -0.2) is 49.0 Å². The smallest absolute Gasteiger partial charge is 0.251 e. The first-order valence-electron chi connectivity index (χ1n) is 10.4. The van der Waals surface area contributed by atoms with Crippen LogP contribution in [0.5, 0.6) is 0 Å². The quantitative estimate of drug-likeness (QED) is 0.674. The van der Waals surface area contributed by atoms with E-state index in [1.807, 2.05) is 30.3 Å². The molecule has 1 unspecified atom stereocenters. The van der Waals surface area contributed by atoms with E-state index in [2.05, 4.69) is 5.32 Å². The van der Waals surface area contributed by atoms with Gasteiger partial charge in [-0.15, -0.1) is 0 Å². The Morgan fingerprint density at radius 3 is 2.30 bits per heavy atom. The summed E-state index contributed by atoms with van der Waals surface area (Å²) < 4.78 is 26.9. The van der Waals surface area contributed by atoms with Crippen LogP contribution in [0.1, 0.15) is 48.5 Å². The van der Waals surface area contributed by atoms with Crippen molar-refractivity contribution in [3.05, 3.63) is 65.7 Å². The Kier molecular flexibility index (Phi) is 7.28. The summed E-state index contributed by atoms with van der Waals surface area (Å²) in [5.74, 6) is -0.336. The highest BCUT2D eigenvalue weighted by Crippen LogP contribution is 2.21. The van der Waals surface area contributed by atoms with E-state index in [1.54, 1.807) is 6.92 Å². The SMILES string of the molecule is CC(O)(CCc1ccccc1)CNC(=O)c1ccc(S(=O)(=O)N2CCCCC2)cc1. The van der Waals surface area contributed by atoms with E-state index < -0.39 is 15.6 Å². The zero-order chi connectivity index (χ0) is 21.6. The van der Waals surface area contributed by atoms with Gasteiger partial charge in [0, 0.05) is 25.2 Å². The van der Waals surface area contributed by atoms with E-state index in [0.717, 1.165) is 24.8 Å². The van der Waals surface area contributed by atoms with Gasteiger partial charge < -0.3 is 10.4 Å². The van der Waals surface area contributed by atoms with Gasteiger partial charge in [-0.1, -0.05) is 36.8 Å². The third-order valence-electron chi connectivity index (χ3n) is 5.49. The van der Waals surface area contributed by atoms with Crippen molar-refractivity contribution < 1.29 is 18.3 Å². The van der Waals surface area contributed by atoms with Crippen LogP contribution >= 0.6 is 0 Å². The molecule has 2 aromatic rings. The summed E-state index contributed by atoms with van der Waals surface area (Å²) in [5.41, 5.74) is 0.462. The summed E-state index contributed by atoms with van der Waals surface area (Å²) in [7, 11) is -3.51. The molecule has 1 atom stereocenters. The normalized spacial score (nSPS) is 17.3. The lowest BCUT2D eigenvalue weighted by molar-refractivity contribution is 0.0478. The summed E-state index contributed by atoms with van der Waals surface area (Å²) >= 11 is 0. The summed E-state index contributed by atoms with van der Waals surface area (Å²) in [4.78, 5) is 12.7. The standard InChI is InChI=1S/C23H30N2O4S/c1-23(27,15-14-19-8-4-2-5-9-19)18-24-22(26)20-10-12-21(13-11-20)30(28,29)25-16-6-3-7-17-25/h2,4-5,8-13,27H,3,6-7,14-18H2,1H3,(H,24,26). The molecule has 3 rings (SSSR count). The van der Waals surface area contributed by atoms with Crippen molar-refractivity contribution >= 4 is 15.9 Å². The summed E-state index contributed by atoms with van der Waals surface area (Å²) in [5, 5.41) is 13.3. The number of benzene rings is 2. The lowest BCUT2D eigenvalue weighted by atomic mass is 9.96. The Balaban J connectivity index is 1.55. The average molecular weight is 431 g/mol. The molecule has 30 heavy (non-hydrogen) atoms. The van der Waals surface area contributed by atoms with Crippen molar-refractivity contribution in [1.82, 2.24) is 9.62 Å². The second-order valence-corrected chi connectivity index (χ2v) is 10.1. The highest BCUT2D eigenvalue weighted by Gasteiger charge is 2.26. The number of carbonyl (C=O) groups is 1. The fraction of sp³-hybridized carbons (Fsp3) is 0.435. The lowest BCUT2D eigenvalue weighted by Gasteiger charge is -2.26. The molecule has 1 amide bonds. The molecular weight excluding hydrogens is 400 g/mol. The largest absolute Gasteiger partial charge is 0.388 e. The molecule has 6 nitrogen and oxygen atoms in total. The van der Waals surface area contributed by atoms with Gasteiger partial charge in [0.2, 0.25) is 10.0 Å². The van der Waals surface area contributed by atoms with Gasteiger partial charge in [0.05, 0.1) is 10.5 Å². The van der Waals surface area contributed by atoms with Crippen molar-refractivity contribution in [1.29, 1.82) is 0 Å². The Labute approximate surface area is 179 Å². The highest BCUT2D eigenvalue weighted by atomic mass is 32.2. The molecule has 0 bridgehead atoms. The maximum absolute atomic E-state index is 12.7. The van der Waals surface area contributed by atoms with Crippen molar-refractivity contribution in [3.63, 3.8) is 0 Å². The number of aliphatic hydroxyl groups is 1. The number of piperidine rings is 1. The summed E-state index contributed by atoms with van der Waals surface area (Å²) in [6.45, 7) is 2.91. The maximum Gasteiger partial charge on any atom is 0.251 e. The minimum Gasteiger partial charge on any atom is -0.388 e. The predicted octanol–water partition coefficient (Wildman–Crippen LogP) is 2.97. The van der Waals surface area contributed by atoms with Gasteiger partial charge in [-0.05, 0) is 62.4 Å². The predicted molar refractivity (Wildman–Crippen MR) is 117 cm³/mol. The Bertz CT molecular complexity index is 935. The minimum absolute atomic E-state index is 0.118. The van der Waals surface area contributed by atoms with Crippen LogP contribution in [0.15, 0.2) is 59.5 Å². The van der Waals surface area contributed by atoms with Gasteiger partial charge in [0.1, 0.15) is 0 Å². The third kappa shape index (κ3) is 5.90. The van der Waals surface area contributed by atoms with E-state index in [-0.39, 0.29) is 17.3 Å². The molecule has 0 saturated carbocycles. The number of nitrogens with one attached hydrogen (secondary N) is 1. The molecule has 1 aliphatic rings. The third-order valence-corrected chi connectivity index (χ3v) is 7.41. The number of rotatable bonds is 8. The summed E-state index contributed by atoms with van der Waals surface area (Å²) in [6, 6.07) is 15.9. The van der Waals surface area contributed by atoms with Crippen molar-refractivity contribution in [2.24, 2.45) is 0 Å². The van der Waals surface area contributed by atoms with Crippen molar-refractivity contribution in [3.8, 4) is 0 Å². The molecule has 1 saturated heterocycles. The average Bonchev–Trinajstić information content (AvgIpc) is 2.77. The molecule has 0 radical (unpaired) electrons. The first kappa shape index (κ1) is 22.5. The molecule has 0 aromatic heterocycles. The first-order chi connectivity index (χ1) is 14.3. The molecule has 0 aliphatic carbocycles. The molecule has 1 heterocycles. The van der Waals surface area contributed by atoms with E-state index in [4.69, 9.17) is 0 Å². The second kappa shape index (κ2) is 9.73. The number of carbonyl (C=O) groups excluding carboxylic acids is 1. The van der Waals surface area contributed by atoms with E-state index >= 15 is 0 Å². The van der Waals surface area contributed by atoms with Gasteiger partial charge in [-0.3, -0.25) is 4.79 Å². The first-order valence-corrected chi connectivity index (χ1v) is 11.9. The molecule has 162 valence electrons. The fourth-order valence-electron chi connectivity index (χ4n) is 3.55. The molecular formula is C23H30N2O4S. The van der Waals surface area contributed by atoms with Crippen LogP contribution in [0.2, 0.25) is 0 Å². The Hall–Kier alpha value is -2.22.